The van der Waals surface area contributed by atoms with Gasteiger partial charge >= 0.3 is 5.97 Å². The zero-order valence-electron chi connectivity index (χ0n) is 11.7. The highest BCUT2D eigenvalue weighted by molar-refractivity contribution is 5.95. The monoisotopic (exact) mass is 297 g/mol. The number of carboxylic acid groups (broad SMARTS) is 1. The largest absolute Gasteiger partial charge is 0.481 e. The summed E-state index contributed by atoms with van der Waals surface area (Å²) in [4.78, 5) is 25.0. The SMILES string of the molecule is CCCC1(C(=O)O)CCN(C(=O)c2cccc(F)c2F)C1. The number of aliphatic carboxylic acids is 1. The van der Waals surface area contributed by atoms with Crippen LogP contribution in [0.1, 0.15) is 36.5 Å². The zero-order valence-corrected chi connectivity index (χ0v) is 11.7. The van der Waals surface area contributed by atoms with Crippen LogP contribution in [0.2, 0.25) is 0 Å². The number of carboxylic acids is 1. The van der Waals surface area contributed by atoms with E-state index in [9.17, 15) is 23.5 Å². The number of carbonyl (C=O) groups is 2. The van der Waals surface area contributed by atoms with Crippen molar-refractivity contribution in [2.75, 3.05) is 13.1 Å². The molecule has 114 valence electrons. The van der Waals surface area contributed by atoms with Gasteiger partial charge in [0.2, 0.25) is 0 Å². The molecule has 1 aromatic rings. The molecule has 0 spiro atoms. The number of benzene rings is 1. The minimum Gasteiger partial charge on any atom is -0.481 e. The zero-order chi connectivity index (χ0) is 15.6. The summed E-state index contributed by atoms with van der Waals surface area (Å²) in [7, 11) is 0. The molecule has 0 aromatic heterocycles. The second kappa shape index (κ2) is 5.79. The summed E-state index contributed by atoms with van der Waals surface area (Å²) in [5, 5.41) is 9.39. The van der Waals surface area contributed by atoms with Gasteiger partial charge in [-0.1, -0.05) is 19.4 Å². The summed E-state index contributed by atoms with van der Waals surface area (Å²) in [5.41, 5.74) is -1.33. The van der Waals surface area contributed by atoms with Gasteiger partial charge in [-0.2, -0.15) is 0 Å². The van der Waals surface area contributed by atoms with Crippen LogP contribution in [-0.2, 0) is 4.79 Å². The Balaban J connectivity index is 2.23. The van der Waals surface area contributed by atoms with Crippen LogP contribution in [0.15, 0.2) is 18.2 Å². The van der Waals surface area contributed by atoms with Crippen molar-refractivity contribution in [1.29, 1.82) is 0 Å². The highest BCUT2D eigenvalue weighted by Gasteiger charge is 2.45. The van der Waals surface area contributed by atoms with Crippen molar-refractivity contribution in [2.45, 2.75) is 26.2 Å². The summed E-state index contributed by atoms with van der Waals surface area (Å²) in [6.07, 6.45) is 1.47. The molecule has 0 bridgehead atoms. The molecule has 1 aliphatic heterocycles. The van der Waals surface area contributed by atoms with Crippen molar-refractivity contribution in [1.82, 2.24) is 4.90 Å². The van der Waals surface area contributed by atoms with E-state index in [1.54, 1.807) is 0 Å². The standard InChI is InChI=1S/C15H17F2NO3/c1-2-6-15(14(20)21)7-8-18(9-15)13(19)10-4-3-5-11(16)12(10)17/h3-5H,2,6-9H2,1H3,(H,20,21). The topological polar surface area (TPSA) is 57.6 Å². The smallest absolute Gasteiger partial charge is 0.311 e. The molecule has 0 aliphatic carbocycles. The Kier molecular flexibility index (Phi) is 4.25. The van der Waals surface area contributed by atoms with E-state index in [1.807, 2.05) is 6.92 Å². The van der Waals surface area contributed by atoms with E-state index in [-0.39, 0.29) is 18.7 Å². The third-order valence-electron chi connectivity index (χ3n) is 4.01. The number of rotatable bonds is 4. The second-order valence-corrected chi connectivity index (χ2v) is 5.41. The summed E-state index contributed by atoms with van der Waals surface area (Å²) in [6, 6.07) is 3.41. The fourth-order valence-electron chi connectivity index (χ4n) is 2.85. The van der Waals surface area contributed by atoms with Gasteiger partial charge in [-0.15, -0.1) is 0 Å². The van der Waals surface area contributed by atoms with Gasteiger partial charge in [-0.05, 0) is 25.0 Å². The van der Waals surface area contributed by atoms with E-state index >= 15 is 0 Å². The second-order valence-electron chi connectivity index (χ2n) is 5.41. The summed E-state index contributed by atoms with van der Waals surface area (Å²) >= 11 is 0. The fraction of sp³-hybridized carbons (Fsp3) is 0.467. The van der Waals surface area contributed by atoms with Crippen LogP contribution in [0.4, 0.5) is 8.78 Å². The highest BCUT2D eigenvalue weighted by atomic mass is 19.2. The highest BCUT2D eigenvalue weighted by Crippen LogP contribution is 2.36. The predicted molar refractivity (Wildman–Crippen MR) is 71.9 cm³/mol. The molecule has 6 heteroatoms. The van der Waals surface area contributed by atoms with Gasteiger partial charge in [0.05, 0.1) is 11.0 Å². The molecular weight excluding hydrogens is 280 g/mol. The Morgan fingerprint density at radius 2 is 2.10 bits per heavy atom. The molecule has 1 aliphatic rings. The molecule has 1 heterocycles. The molecule has 0 saturated carbocycles. The van der Waals surface area contributed by atoms with Crippen LogP contribution < -0.4 is 0 Å². The van der Waals surface area contributed by atoms with Crippen molar-refractivity contribution in [2.24, 2.45) is 5.41 Å². The van der Waals surface area contributed by atoms with E-state index in [1.165, 1.54) is 17.0 Å². The number of hydrogen-bond donors (Lipinski definition) is 1. The summed E-state index contributed by atoms with van der Waals surface area (Å²) in [6.45, 7) is 2.15. The van der Waals surface area contributed by atoms with Crippen LogP contribution in [0, 0.1) is 17.0 Å². The third-order valence-corrected chi connectivity index (χ3v) is 4.01. The number of likely N-dealkylation sites (tertiary alicyclic amines) is 1. The van der Waals surface area contributed by atoms with Crippen molar-refractivity contribution in [3.05, 3.63) is 35.4 Å². The average molecular weight is 297 g/mol. The first kappa shape index (κ1) is 15.4. The molecule has 1 N–H and O–H groups in total. The molecule has 1 aromatic carbocycles. The number of nitrogens with zero attached hydrogens (tertiary/aromatic N) is 1. The van der Waals surface area contributed by atoms with Gasteiger partial charge in [0, 0.05) is 13.1 Å². The Morgan fingerprint density at radius 3 is 2.71 bits per heavy atom. The summed E-state index contributed by atoms with van der Waals surface area (Å²) < 4.78 is 26.9. The molecule has 1 saturated heterocycles. The third kappa shape index (κ3) is 2.75. The van der Waals surface area contributed by atoms with E-state index in [0.717, 1.165) is 6.07 Å². The van der Waals surface area contributed by atoms with Crippen molar-refractivity contribution in [3.8, 4) is 0 Å². The molecule has 1 atom stereocenters. The van der Waals surface area contributed by atoms with E-state index in [4.69, 9.17) is 0 Å². The van der Waals surface area contributed by atoms with Gasteiger partial charge in [0.15, 0.2) is 11.6 Å². The van der Waals surface area contributed by atoms with Crippen molar-refractivity contribution in [3.63, 3.8) is 0 Å². The lowest BCUT2D eigenvalue weighted by molar-refractivity contribution is -0.148. The van der Waals surface area contributed by atoms with Gasteiger partial charge in [-0.3, -0.25) is 9.59 Å². The Morgan fingerprint density at radius 1 is 1.38 bits per heavy atom. The Bertz CT molecular complexity index is 576. The van der Waals surface area contributed by atoms with Gasteiger partial charge in [0.25, 0.3) is 5.91 Å². The van der Waals surface area contributed by atoms with Crippen LogP contribution in [0.3, 0.4) is 0 Å². The minimum atomic E-state index is -1.19. The van der Waals surface area contributed by atoms with Gasteiger partial charge in [0.1, 0.15) is 0 Å². The number of halogens is 2. The Hall–Kier alpha value is -1.98. The number of carbonyl (C=O) groups excluding carboxylic acids is 1. The molecule has 21 heavy (non-hydrogen) atoms. The average Bonchev–Trinajstić information content (AvgIpc) is 2.87. The first-order valence-electron chi connectivity index (χ1n) is 6.88. The molecule has 2 rings (SSSR count). The molecule has 0 radical (unpaired) electrons. The van der Waals surface area contributed by atoms with E-state index in [2.05, 4.69) is 0 Å². The van der Waals surface area contributed by atoms with Crippen LogP contribution in [0.5, 0.6) is 0 Å². The lowest BCUT2D eigenvalue weighted by atomic mass is 9.83. The molecule has 1 fully saturated rings. The number of amides is 1. The van der Waals surface area contributed by atoms with Crippen LogP contribution >= 0.6 is 0 Å². The maximum absolute atomic E-state index is 13.7. The van der Waals surface area contributed by atoms with Crippen molar-refractivity contribution < 1.29 is 23.5 Å². The predicted octanol–water partition coefficient (Wildman–Crippen LogP) is 2.68. The lowest BCUT2D eigenvalue weighted by Gasteiger charge is -2.24. The van der Waals surface area contributed by atoms with Crippen LogP contribution in [-0.4, -0.2) is 35.0 Å². The minimum absolute atomic E-state index is 0.0327. The van der Waals surface area contributed by atoms with Gasteiger partial charge < -0.3 is 10.0 Å². The molecule has 4 nitrogen and oxygen atoms in total. The number of hydrogen-bond acceptors (Lipinski definition) is 2. The quantitative estimate of drug-likeness (QED) is 0.929. The van der Waals surface area contributed by atoms with Crippen molar-refractivity contribution >= 4 is 11.9 Å². The first-order valence-corrected chi connectivity index (χ1v) is 6.88. The maximum Gasteiger partial charge on any atom is 0.311 e. The normalized spacial score (nSPS) is 21.6. The summed E-state index contributed by atoms with van der Waals surface area (Å²) in [5.74, 6) is -3.88. The van der Waals surface area contributed by atoms with Crippen LogP contribution in [0.25, 0.3) is 0 Å². The molecular formula is C15H17F2NO3. The van der Waals surface area contributed by atoms with E-state index in [0.29, 0.717) is 19.3 Å². The maximum atomic E-state index is 13.7. The van der Waals surface area contributed by atoms with Gasteiger partial charge in [-0.25, -0.2) is 8.78 Å². The lowest BCUT2D eigenvalue weighted by Crippen LogP contribution is -2.37. The fourth-order valence-corrected chi connectivity index (χ4v) is 2.85. The Labute approximate surface area is 121 Å². The first-order chi connectivity index (χ1) is 9.91. The molecule has 1 amide bonds. The van der Waals surface area contributed by atoms with E-state index < -0.39 is 28.9 Å². The molecule has 1 unspecified atom stereocenters.